The third-order valence-electron chi connectivity index (χ3n) is 6.69. The van der Waals surface area contributed by atoms with E-state index in [2.05, 4.69) is 20.0 Å². The normalized spacial score (nSPS) is 32.0. The number of nitrogens with zero attached hydrogens (tertiary/aromatic N) is 2. The van der Waals surface area contributed by atoms with Crippen molar-refractivity contribution >= 4 is 39.2 Å². The van der Waals surface area contributed by atoms with Gasteiger partial charge in [-0.15, -0.1) is 11.6 Å². The fourth-order valence-corrected chi connectivity index (χ4v) is 7.58. The quantitative estimate of drug-likeness (QED) is 0.680. The predicted octanol–water partition coefficient (Wildman–Crippen LogP) is 3.79. The number of rotatable bonds is 5. The summed E-state index contributed by atoms with van der Waals surface area (Å²) < 4.78 is 27.3. The number of hydrogen-bond donors (Lipinski definition) is 2. The van der Waals surface area contributed by atoms with E-state index in [1.54, 1.807) is 18.2 Å². The first-order valence-corrected chi connectivity index (χ1v) is 12.0. The molecule has 2 atom stereocenters. The first-order valence-electron chi connectivity index (χ1n) is 10.2. The van der Waals surface area contributed by atoms with Crippen LogP contribution in [0.4, 0.5) is 11.6 Å². The zero-order chi connectivity index (χ0) is 21.0. The molecule has 0 aliphatic heterocycles. The number of amides is 1. The molecule has 2 N–H and O–H groups in total. The van der Waals surface area contributed by atoms with Crippen LogP contribution in [0, 0.1) is 17.3 Å². The molecule has 9 heteroatoms. The third-order valence-corrected chi connectivity index (χ3v) is 8.47. The minimum atomic E-state index is -3.81. The molecule has 7 nitrogen and oxygen atoms in total. The number of carbonyl (C=O) groups excluding carboxylic acids is 1. The molecule has 30 heavy (non-hydrogen) atoms. The van der Waals surface area contributed by atoms with Crippen molar-refractivity contribution in [3.63, 3.8) is 0 Å². The largest absolute Gasteiger partial charge is 0.326 e. The van der Waals surface area contributed by atoms with Crippen molar-refractivity contribution in [2.45, 2.75) is 48.3 Å². The van der Waals surface area contributed by atoms with Gasteiger partial charge in [0.15, 0.2) is 0 Å². The minimum Gasteiger partial charge on any atom is -0.326 e. The van der Waals surface area contributed by atoms with Crippen LogP contribution in [0.3, 0.4) is 0 Å². The van der Waals surface area contributed by atoms with Crippen LogP contribution in [0.5, 0.6) is 0 Å². The molecule has 4 aliphatic rings. The van der Waals surface area contributed by atoms with Gasteiger partial charge in [-0.1, -0.05) is 0 Å². The first kappa shape index (κ1) is 19.8. The van der Waals surface area contributed by atoms with Crippen molar-refractivity contribution in [1.29, 1.82) is 0 Å². The van der Waals surface area contributed by atoms with Crippen LogP contribution < -0.4 is 10.0 Å². The van der Waals surface area contributed by atoms with Gasteiger partial charge in [0.2, 0.25) is 11.9 Å². The van der Waals surface area contributed by atoms with Crippen molar-refractivity contribution in [1.82, 2.24) is 9.97 Å². The maximum Gasteiger partial charge on any atom is 0.264 e. The van der Waals surface area contributed by atoms with Gasteiger partial charge < -0.3 is 5.32 Å². The Morgan fingerprint density at radius 3 is 2.27 bits per heavy atom. The van der Waals surface area contributed by atoms with Gasteiger partial charge in [0.25, 0.3) is 10.0 Å². The average Bonchev–Trinajstić information content (AvgIpc) is 2.67. The fourth-order valence-electron chi connectivity index (χ4n) is 5.93. The molecule has 0 radical (unpaired) electrons. The molecule has 4 saturated carbocycles. The number of nitrogens with one attached hydrogen (secondary N) is 2. The Morgan fingerprint density at radius 2 is 1.67 bits per heavy atom. The molecule has 4 fully saturated rings. The van der Waals surface area contributed by atoms with E-state index in [1.165, 1.54) is 30.9 Å². The maximum absolute atomic E-state index is 13.2. The molecule has 4 bridgehead atoms. The Balaban J connectivity index is 1.30. The van der Waals surface area contributed by atoms with Crippen molar-refractivity contribution < 1.29 is 13.2 Å². The van der Waals surface area contributed by atoms with Crippen LogP contribution >= 0.6 is 11.6 Å². The summed E-state index contributed by atoms with van der Waals surface area (Å²) in [5.41, 5.74) is 0.178. The van der Waals surface area contributed by atoms with Gasteiger partial charge >= 0.3 is 0 Å². The summed E-state index contributed by atoms with van der Waals surface area (Å²) >= 11 is 6.84. The molecule has 1 aromatic heterocycles. The summed E-state index contributed by atoms with van der Waals surface area (Å²) in [6.07, 6.45) is 8.67. The van der Waals surface area contributed by atoms with Crippen molar-refractivity contribution in [3.05, 3.63) is 42.7 Å². The highest BCUT2D eigenvalue weighted by Gasteiger charge is 2.60. The Hall–Kier alpha value is -2.19. The molecule has 1 aromatic carbocycles. The molecule has 0 saturated heterocycles. The summed E-state index contributed by atoms with van der Waals surface area (Å²) in [6, 6.07) is 7.74. The van der Waals surface area contributed by atoms with Crippen LogP contribution in [0.15, 0.2) is 47.6 Å². The Kier molecular flexibility index (Phi) is 4.56. The van der Waals surface area contributed by atoms with Crippen LogP contribution in [0.1, 0.15) is 38.5 Å². The second-order valence-corrected chi connectivity index (χ2v) is 11.5. The van der Waals surface area contributed by atoms with E-state index in [-0.39, 0.29) is 21.6 Å². The lowest BCUT2D eigenvalue weighted by molar-refractivity contribution is -0.138. The van der Waals surface area contributed by atoms with Crippen molar-refractivity contribution in [2.24, 2.45) is 17.3 Å². The highest BCUT2D eigenvalue weighted by Crippen LogP contribution is 2.64. The molecule has 4 aliphatic carbocycles. The number of benzene rings is 1. The van der Waals surface area contributed by atoms with Gasteiger partial charge in [0.1, 0.15) is 0 Å². The van der Waals surface area contributed by atoms with Crippen molar-refractivity contribution in [3.8, 4) is 0 Å². The highest BCUT2D eigenvalue weighted by molar-refractivity contribution is 7.92. The van der Waals surface area contributed by atoms with E-state index in [0.29, 0.717) is 17.5 Å². The summed E-state index contributed by atoms with van der Waals surface area (Å²) in [4.78, 5) is 20.8. The number of halogens is 1. The summed E-state index contributed by atoms with van der Waals surface area (Å²) in [5.74, 6) is 1.08. The SMILES string of the molecule is O=C(Nc1ccc(S(=O)(=O)Nc2ncccn2)cc1)C12C[C@H]3C[C@@H](CC(Cl)(C3)C1)C2. The molecule has 1 amide bonds. The van der Waals surface area contributed by atoms with Crippen LogP contribution in [0.2, 0.25) is 0 Å². The number of anilines is 2. The Morgan fingerprint density at radius 1 is 1.03 bits per heavy atom. The first-order chi connectivity index (χ1) is 14.3. The minimum absolute atomic E-state index is 0.00620. The Bertz CT molecular complexity index is 1060. The van der Waals surface area contributed by atoms with Gasteiger partial charge in [0, 0.05) is 23.0 Å². The summed E-state index contributed by atoms with van der Waals surface area (Å²) in [5, 5.41) is 3.01. The smallest absolute Gasteiger partial charge is 0.264 e. The third kappa shape index (κ3) is 3.56. The van der Waals surface area contributed by atoms with Gasteiger partial charge in [-0.3, -0.25) is 4.79 Å². The number of aromatic nitrogens is 2. The van der Waals surface area contributed by atoms with Gasteiger partial charge in [-0.25, -0.2) is 23.1 Å². The second-order valence-electron chi connectivity index (χ2n) is 9.05. The van der Waals surface area contributed by atoms with Crippen LogP contribution in [-0.2, 0) is 14.8 Å². The maximum atomic E-state index is 13.2. The van der Waals surface area contributed by atoms with Crippen LogP contribution in [-0.4, -0.2) is 29.2 Å². The van der Waals surface area contributed by atoms with E-state index < -0.39 is 15.4 Å². The molecular weight excluding hydrogens is 424 g/mol. The lowest BCUT2D eigenvalue weighted by Gasteiger charge is -2.59. The summed E-state index contributed by atoms with van der Waals surface area (Å²) in [6.45, 7) is 0. The second kappa shape index (κ2) is 6.92. The number of alkyl halides is 1. The molecule has 6 rings (SSSR count). The lowest BCUT2D eigenvalue weighted by atomic mass is 9.49. The molecule has 0 spiro atoms. The van der Waals surface area contributed by atoms with Crippen LogP contribution in [0.25, 0.3) is 0 Å². The molecule has 2 aromatic rings. The fraction of sp³-hybridized carbons (Fsp3) is 0.476. The van der Waals surface area contributed by atoms with Gasteiger partial charge in [0.05, 0.1) is 10.3 Å². The monoisotopic (exact) mass is 446 g/mol. The molecular formula is C21H23ClN4O3S. The Labute approximate surface area is 180 Å². The lowest BCUT2D eigenvalue weighted by Crippen LogP contribution is -2.57. The van der Waals surface area contributed by atoms with E-state index in [9.17, 15) is 13.2 Å². The standard InChI is InChI=1S/C21H23ClN4O3S/c22-21-11-14-8-15(12-21)10-20(9-14,13-21)18(27)25-16-2-4-17(5-3-16)30(28,29)26-19-23-6-1-7-24-19/h1-7,14-15H,8-13H2,(H,25,27)(H,23,24,26)/t14-,15-,20?,21?/m1/s1. The van der Waals surface area contributed by atoms with Crippen molar-refractivity contribution in [2.75, 3.05) is 10.0 Å². The van der Waals surface area contributed by atoms with E-state index in [4.69, 9.17) is 11.6 Å². The van der Waals surface area contributed by atoms with Gasteiger partial charge in [-0.05, 0) is 80.7 Å². The highest BCUT2D eigenvalue weighted by atomic mass is 35.5. The number of hydrogen-bond acceptors (Lipinski definition) is 5. The van der Waals surface area contributed by atoms with E-state index in [1.807, 2.05) is 0 Å². The van der Waals surface area contributed by atoms with E-state index >= 15 is 0 Å². The zero-order valence-electron chi connectivity index (χ0n) is 16.3. The molecule has 158 valence electrons. The number of sulfonamides is 1. The molecule has 0 unspecified atom stereocenters. The predicted molar refractivity (Wildman–Crippen MR) is 114 cm³/mol. The molecule has 1 heterocycles. The average molecular weight is 447 g/mol. The number of carbonyl (C=O) groups is 1. The zero-order valence-corrected chi connectivity index (χ0v) is 17.9. The van der Waals surface area contributed by atoms with Gasteiger partial charge in [-0.2, -0.15) is 0 Å². The topological polar surface area (TPSA) is 101 Å². The summed E-state index contributed by atoms with van der Waals surface area (Å²) in [7, 11) is -3.81. The van der Waals surface area contributed by atoms with E-state index in [0.717, 1.165) is 32.1 Å².